The highest BCUT2D eigenvalue weighted by atomic mass is 16.2. The summed E-state index contributed by atoms with van der Waals surface area (Å²) in [5, 5.41) is 6.09. The Kier molecular flexibility index (Phi) is 50.2. The van der Waals surface area contributed by atoms with Crippen LogP contribution in [-0.2, 0) is 0 Å². The van der Waals surface area contributed by atoms with Gasteiger partial charge in [0.25, 0.3) is 0 Å². The molecule has 2 amide bonds. The predicted octanol–water partition coefficient (Wildman–Crippen LogP) is 16.3. The van der Waals surface area contributed by atoms with E-state index in [0.29, 0.717) is 0 Å². The minimum absolute atomic E-state index is 0.0246. The van der Waals surface area contributed by atoms with Crippen LogP contribution in [0.5, 0.6) is 0 Å². The number of hydrogen-bond acceptors (Lipinski definition) is 1. The Labute approximate surface area is 316 Å². The standard InChI is InChI=1S/C45H88N2O.C2H4/c1-3-5-7-9-11-13-15-17-19-21-23-25-27-29-31-33-35-37-39-41-43-46-45(48)47-44-42-40-38-36-34-32-30-28-26-24-22-20-18-16-14-12-10-8-6-4-2;1-2/h17-20H,3-16,21-44H2,1-2H3,(H2,46,47,48);1-2H2. The summed E-state index contributed by atoms with van der Waals surface area (Å²) in [4.78, 5) is 12.0. The summed E-state index contributed by atoms with van der Waals surface area (Å²) in [6.45, 7) is 12.2. The lowest BCUT2D eigenvalue weighted by molar-refractivity contribution is 0.240. The summed E-state index contributed by atoms with van der Waals surface area (Å²) in [7, 11) is 0. The SMILES string of the molecule is C=C.CCCCCCCCC=CCCCCCCCCCCCCNC(=O)NCCCCCCCCCCCCC=CCCCCCCCC. The van der Waals surface area contributed by atoms with Crippen LogP contribution < -0.4 is 10.6 Å². The van der Waals surface area contributed by atoms with Gasteiger partial charge in [0.2, 0.25) is 0 Å². The number of urea groups is 1. The van der Waals surface area contributed by atoms with Crippen LogP contribution in [0.2, 0.25) is 0 Å². The molecular weight excluding hydrogens is 609 g/mol. The Morgan fingerprint density at radius 3 is 0.780 bits per heavy atom. The highest BCUT2D eigenvalue weighted by Gasteiger charge is 2.00. The molecule has 296 valence electrons. The first kappa shape index (κ1) is 50.6. The third-order valence-electron chi connectivity index (χ3n) is 9.95. The van der Waals surface area contributed by atoms with E-state index in [4.69, 9.17) is 0 Å². The van der Waals surface area contributed by atoms with Gasteiger partial charge in [0.15, 0.2) is 0 Å². The van der Waals surface area contributed by atoms with E-state index in [2.05, 4.69) is 61.9 Å². The van der Waals surface area contributed by atoms with Crippen LogP contribution in [0.15, 0.2) is 37.5 Å². The third kappa shape index (κ3) is 48.6. The Bertz CT molecular complexity index is 618. The van der Waals surface area contributed by atoms with Crippen molar-refractivity contribution in [2.75, 3.05) is 13.1 Å². The first-order valence-electron chi connectivity index (χ1n) is 22.6. The van der Waals surface area contributed by atoms with Gasteiger partial charge in [0, 0.05) is 13.1 Å². The second-order valence-electron chi connectivity index (χ2n) is 14.9. The number of allylic oxidation sites excluding steroid dienone is 4. The number of hydrogen-bond donors (Lipinski definition) is 2. The van der Waals surface area contributed by atoms with Crippen molar-refractivity contribution in [3.05, 3.63) is 37.5 Å². The lowest BCUT2D eigenvalue weighted by atomic mass is 10.1. The van der Waals surface area contributed by atoms with Gasteiger partial charge < -0.3 is 10.6 Å². The van der Waals surface area contributed by atoms with Gasteiger partial charge in [-0.25, -0.2) is 4.79 Å². The van der Waals surface area contributed by atoms with Crippen LogP contribution in [0.3, 0.4) is 0 Å². The fourth-order valence-corrected chi connectivity index (χ4v) is 6.63. The zero-order valence-electron chi connectivity index (χ0n) is 34.5. The van der Waals surface area contributed by atoms with Crippen molar-refractivity contribution < 1.29 is 4.79 Å². The monoisotopic (exact) mass is 701 g/mol. The Morgan fingerprint density at radius 1 is 0.340 bits per heavy atom. The molecule has 2 N–H and O–H groups in total. The first-order chi connectivity index (χ1) is 24.8. The van der Waals surface area contributed by atoms with Gasteiger partial charge in [-0.3, -0.25) is 0 Å². The maximum atomic E-state index is 12.0. The second-order valence-corrected chi connectivity index (χ2v) is 14.9. The molecule has 0 fully saturated rings. The van der Waals surface area contributed by atoms with Crippen molar-refractivity contribution in [1.82, 2.24) is 10.6 Å². The summed E-state index contributed by atoms with van der Waals surface area (Å²) in [5.74, 6) is 0. The molecule has 0 unspecified atom stereocenters. The predicted molar refractivity (Wildman–Crippen MR) is 228 cm³/mol. The van der Waals surface area contributed by atoms with Gasteiger partial charge in [0.05, 0.1) is 0 Å². The van der Waals surface area contributed by atoms with Crippen molar-refractivity contribution in [3.63, 3.8) is 0 Å². The highest BCUT2D eigenvalue weighted by Crippen LogP contribution is 2.14. The molecule has 0 aliphatic rings. The van der Waals surface area contributed by atoms with Crippen LogP contribution in [0.1, 0.15) is 245 Å². The minimum Gasteiger partial charge on any atom is -0.338 e. The molecule has 3 nitrogen and oxygen atoms in total. The third-order valence-corrected chi connectivity index (χ3v) is 9.95. The van der Waals surface area contributed by atoms with Crippen molar-refractivity contribution >= 4 is 6.03 Å². The number of carbonyl (C=O) groups excluding carboxylic acids is 1. The van der Waals surface area contributed by atoms with Gasteiger partial charge in [0.1, 0.15) is 0 Å². The smallest absolute Gasteiger partial charge is 0.314 e. The molecule has 0 atom stereocenters. The van der Waals surface area contributed by atoms with Gasteiger partial charge in [-0.2, -0.15) is 0 Å². The van der Waals surface area contributed by atoms with E-state index < -0.39 is 0 Å². The molecule has 0 aliphatic carbocycles. The zero-order valence-corrected chi connectivity index (χ0v) is 34.5. The average Bonchev–Trinajstić information content (AvgIpc) is 3.13. The van der Waals surface area contributed by atoms with Crippen LogP contribution >= 0.6 is 0 Å². The summed E-state index contributed by atoms with van der Waals surface area (Å²) in [6.07, 6.45) is 58.3. The lowest BCUT2D eigenvalue weighted by Crippen LogP contribution is -2.36. The molecule has 0 radical (unpaired) electrons. The van der Waals surface area contributed by atoms with E-state index in [1.54, 1.807) is 0 Å². The average molecular weight is 701 g/mol. The molecule has 0 aromatic carbocycles. The van der Waals surface area contributed by atoms with Gasteiger partial charge in [-0.1, -0.05) is 205 Å². The molecule has 0 heterocycles. The molecule has 0 rings (SSSR count). The maximum absolute atomic E-state index is 12.0. The van der Waals surface area contributed by atoms with Crippen LogP contribution in [0.25, 0.3) is 0 Å². The second kappa shape index (κ2) is 49.6. The molecule has 0 saturated heterocycles. The summed E-state index contributed by atoms with van der Waals surface area (Å²) >= 11 is 0. The first-order valence-corrected chi connectivity index (χ1v) is 22.6. The van der Waals surface area contributed by atoms with Gasteiger partial charge in [-0.15, -0.1) is 13.2 Å². The van der Waals surface area contributed by atoms with Crippen molar-refractivity contribution in [2.24, 2.45) is 0 Å². The molecule has 3 heteroatoms. The number of carbonyl (C=O) groups is 1. The fraction of sp³-hybridized carbons (Fsp3) is 0.851. The topological polar surface area (TPSA) is 41.1 Å². The lowest BCUT2D eigenvalue weighted by Gasteiger charge is -2.08. The van der Waals surface area contributed by atoms with Crippen molar-refractivity contribution in [1.29, 1.82) is 0 Å². The molecule has 0 bridgehead atoms. The van der Waals surface area contributed by atoms with E-state index in [0.717, 1.165) is 25.9 Å². The molecule has 0 aliphatic heterocycles. The van der Waals surface area contributed by atoms with E-state index in [1.165, 1.54) is 218 Å². The molecule has 0 aromatic heterocycles. The van der Waals surface area contributed by atoms with E-state index in [1.807, 2.05) is 0 Å². The highest BCUT2D eigenvalue weighted by molar-refractivity contribution is 5.73. The van der Waals surface area contributed by atoms with Crippen molar-refractivity contribution in [2.45, 2.75) is 245 Å². The molecular formula is C47H92N2O. The molecule has 0 saturated carbocycles. The molecule has 0 spiro atoms. The Balaban J connectivity index is 0. The van der Waals surface area contributed by atoms with E-state index >= 15 is 0 Å². The molecule has 50 heavy (non-hydrogen) atoms. The normalized spacial score (nSPS) is 11.3. The number of nitrogens with one attached hydrogen (secondary N) is 2. The number of rotatable bonds is 40. The maximum Gasteiger partial charge on any atom is 0.314 e. The van der Waals surface area contributed by atoms with Gasteiger partial charge >= 0.3 is 6.03 Å². The Morgan fingerprint density at radius 2 is 0.540 bits per heavy atom. The number of unbranched alkanes of at least 4 members (excludes halogenated alkanes) is 32. The number of amides is 2. The zero-order chi connectivity index (χ0) is 36.7. The largest absolute Gasteiger partial charge is 0.338 e. The van der Waals surface area contributed by atoms with Gasteiger partial charge in [-0.05, 0) is 64.2 Å². The quantitative estimate of drug-likeness (QED) is 0.0485. The van der Waals surface area contributed by atoms with Crippen LogP contribution in [-0.4, -0.2) is 19.1 Å². The summed E-state index contributed by atoms with van der Waals surface area (Å²) < 4.78 is 0. The fourth-order valence-electron chi connectivity index (χ4n) is 6.63. The summed E-state index contributed by atoms with van der Waals surface area (Å²) in [6, 6.07) is 0.0246. The minimum atomic E-state index is 0.0246. The van der Waals surface area contributed by atoms with E-state index in [9.17, 15) is 4.79 Å². The Hall–Kier alpha value is -1.51. The van der Waals surface area contributed by atoms with Crippen molar-refractivity contribution in [3.8, 4) is 0 Å². The van der Waals surface area contributed by atoms with Crippen LogP contribution in [0, 0.1) is 0 Å². The van der Waals surface area contributed by atoms with Crippen LogP contribution in [0.4, 0.5) is 4.79 Å². The van der Waals surface area contributed by atoms with E-state index in [-0.39, 0.29) is 6.03 Å². The summed E-state index contributed by atoms with van der Waals surface area (Å²) in [5.41, 5.74) is 0. The molecule has 0 aromatic rings.